The van der Waals surface area contributed by atoms with Crippen LogP contribution in [-0.4, -0.2) is 18.2 Å². The van der Waals surface area contributed by atoms with Crippen LogP contribution in [0.3, 0.4) is 0 Å². The maximum Gasteiger partial charge on any atom is 0.265 e. The van der Waals surface area contributed by atoms with Crippen molar-refractivity contribution in [2.45, 2.75) is 30.2 Å². The van der Waals surface area contributed by atoms with Crippen molar-refractivity contribution in [2.24, 2.45) is 0 Å². The topological polar surface area (TPSA) is 52.0 Å². The summed E-state index contributed by atoms with van der Waals surface area (Å²) >= 11 is 5.85. The fourth-order valence-electron chi connectivity index (χ4n) is 1.38. The van der Waals surface area contributed by atoms with E-state index in [2.05, 4.69) is 5.10 Å². The van der Waals surface area contributed by atoms with Gasteiger partial charge in [0.05, 0.1) is 12.2 Å². The Morgan fingerprint density at radius 1 is 1.50 bits per heavy atom. The van der Waals surface area contributed by atoms with E-state index in [1.165, 1.54) is 10.9 Å². The SMILES string of the molecule is O=S(=O)(Cl)c1cnn(C2CCC2)c1Cl. The van der Waals surface area contributed by atoms with Gasteiger partial charge in [0.2, 0.25) is 0 Å². The summed E-state index contributed by atoms with van der Waals surface area (Å²) in [5, 5.41) is 4.04. The highest BCUT2D eigenvalue weighted by molar-refractivity contribution is 8.13. The quantitative estimate of drug-likeness (QED) is 0.761. The van der Waals surface area contributed by atoms with Gasteiger partial charge in [0.1, 0.15) is 10.0 Å². The van der Waals surface area contributed by atoms with Gasteiger partial charge in [-0.1, -0.05) is 11.6 Å². The Balaban J connectivity index is 2.42. The van der Waals surface area contributed by atoms with Crippen LogP contribution in [0.4, 0.5) is 0 Å². The molecule has 1 aliphatic carbocycles. The van der Waals surface area contributed by atoms with Crippen molar-refractivity contribution < 1.29 is 8.42 Å². The van der Waals surface area contributed by atoms with Crippen molar-refractivity contribution in [2.75, 3.05) is 0 Å². The van der Waals surface area contributed by atoms with E-state index in [9.17, 15) is 8.42 Å². The molecule has 1 aliphatic rings. The van der Waals surface area contributed by atoms with Gasteiger partial charge in [-0.25, -0.2) is 13.1 Å². The summed E-state index contributed by atoms with van der Waals surface area (Å²) in [7, 11) is 1.40. The summed E-state index contributed by atoms with van der Waals surface area (Å²) in [6, 6.07) is 0.231. The Labute approximate surface area is 91.2 Å². The van der Waals surface area contributed by atoms with Crippen molar-refractivity contribution in [1.82, 2.24) is 9.78 Å². The highest BCUT2D eigenvalue weighted by Gasteiger charge is 2.27. The lowest BCUT2D eigenvalue weighted by Crippen LogP contribution is -2.18. The molecule has 0 N–H and O–H groups in total. The van der Waals surface area contributed by atoms with E-state index in [1.54, 1.807) is 0 Å². The minimum Gasteiger partial charge on any atom is -0.250 e. The second-order valence-corrected chi connectivity index (χ2v) is 6.16. The molecule has 0 aromatic carbocycles. The smallest absolute Gasteiger partial charge is 0.250 e. The minimum absolute atomic E-state index is 0.104. The molecule has 0 bridgehead atoms. The first-order chi connectivity index (χ1) is 6.50. The Morgan fingerprint density at radius 2 is 2.14 bits per heavy atom. The lowest BCUT2D eigenvalue weighted by molar-refractivity contribution is 0.289. The van der Waals surface area contributed by atoms with Gasteiger partial charge in [-0.3, -0.25) is 0 Å². The molecule has 1 fully saturated rings. The number of nitrogens with zero attached hydrogens (tertiary/aromatic N) is 2. The molecule has 1 aromatic rings. The molecule has 1 aromatic heterocycles. The van der Waals surface area contributed by atoms with Gasteiger partial charge in [0.15, 0.2) is 0 Å². The zero-order chi connectivity index (χ0) is 10.3. The monoisotopic (exact) mass is 254 g/mol. The van der Waals surface area contributed by atoms with Crippen LogP contribution in [0.1, 0.15) is 25.3 Å². The van der Waals surface area contributed by atoms with Gasteiger partial charge < -0.3 is 0 Å². The van der Waals surface area contributed by atoms with Gasteiger partial charge in [0.25, 0.3) is 9.05 Å². The Bertz CT molecular complexity index is 450. The van der Waals surface area contributed by atoms with Crippen molar-refractivity contribution in [1.29, 1.82) is 0 Å². The number of halogens is 2. The van der Waals surface area contributed by atoms with E-state index in [4.69, 9.17) is 22.3 Å². The predicted octanol–water partition coefficient (Wildman–Crippen LogP) is 2.19. The maximum absolute atomic E-state index is 11.0. The van der Waals surface area contributed by atoms with Crippen LogP contribution < -0.4 is 0 Å². The Hall–Kier alpha value is -0.260. The molecule has 0 unspecified atom stereocenters. The second-order valence-electron chi connectivity index (χ2n) is 3.27. The Kier molecular flexibility index (Phi) is 2.49. The summed E-state index contributed by atoms with van der Waals surface area (Å²) in [4.78, 5) is -0.104. The molecule has 0 amide bonds. The van der Waals surface area contributed by atoms with Crippen LogP contribution in [0.5, 0.6) is 0 Å². The number of rotatable bonds is 2. The van der Waals surface area contributed by atoms with Crippen molar-refractivity contribution in [3.8, 4) is 0 Å². The minimum atomic E-state index is -3.77. The molecule has 1 saturated carbocycles. The van der Waals surface area contributed by atoms with Gasteiger partial charge in [-0.05, 0) is 19.3 Å². The molecule has 7 heteroatoms. The summed E-state index contributed by atoms with van der Waals surface area (Å²) in [6.07, 6.45) is 4.30. The molecule has 0 aliphatic heterocycles. The second kappa shape index (κ2) is 3.40. The lowest BCUT2D eigenvalue weighted by Gasteiger charge is -2.26. The zero-order valence-electron chi connectivity index (χ0n) is 7.15. The zero-order valence-corrected chi connectivity index (χ0v) is 9.48. The molecule has 0 atom stereocenters. The summed E-state index contributed by atoms with van der Waals surface area (Å²) in [6.45, 7) is 0. The third-order valence-corrected chi connectivity index (χ3v) is 4.20. The van der Waals surface area contributed by atoms with Crippen LogP contribution in [0, 0.1) is 0 Å². The molecular weight excluding hydrogens is 247 g/mol. The van der Waals surface area contributed by atoms with Crippen molar-refractivity contribution in [3.63, 3.8) is 0 Å². The molecule has 1 heterocycles. The van der Waals surface area contributed by atoms with Crippen LogP contribution in [0.25, 0.3) is 0 Å². The van der Waals surface area contributed by atoms with E-state index in [0.717, 1.165) is 19.3 Å². The molecule has 0 radical (unpaired) electrons. The molecule has 0 saturated heterocycles. The maximum atomic E-state index is 11.0. The highest BCUT2D eigenvalue weighted by Crippen LogP contribution is 2.35. The molecule has 14 heavy (non-hydrogen) atoms. The third-order valence-electron chi connectivity index (χ3n) is 2.39. The lowest BCUT2D eigenvalue weighted by atomic mass is 9.93. The molecule has 0 spiro atoms. The van der Waals surface area contributed by atoms with Crippen LogP contribution in [-0.2, 0) is 9.05 Å². The molecule has 78 valence electrons. The van der Waals surface area contributed by atoms with E-state index in [-0.39, 0.29) is 16.1 Å². The van der Waals surface area contributed by atoms with Gasteiger partial charge >= 0.3 is 0 Å². The Morgan fingerprint density at radius 3 is 2.50 bits per heavy atom. The largest absolute Gasteiger partial charge is 0.265 e. The average Bonchev–Trinajstić information content (AvgIpc) is 2.28. The number of hydrogen-bond donors (Lipinski definition) is 0. The fraction of sp³-hybridized carbons (Fsp3) is 0.571. The van der Waals surface area contributed by atoms with Crippen LogP contribution >= 0.6 is 22.3 Å². The first-order valence-electron chi connectivity index (χ1n) is 4.18. The van der Waals surface area contributed by atoms with E-state index < -0.39 is 9.05 Å². The highest BCUT2D eigenvalue weighted by atomic mass is 35.7. The molecule has 4 nitrogen and oxygen atoms in total. The summed E-state index contributed by atoms with van der Waals surface area (Å²) in [5.41, 5.74) is 0. The summed E-state index contributed by atoms with van der Waals surface area (Å²) in [5.74, 6) is 0. The predicted molar refractivity (Wildman–Crippen MR) is 53.2 cm³/mol. The van der Waals surface area contributed by atoms with Gasteiger partial charge in [-0.15, -0.1) is 0 Å². The first kappa shape index (κ1) is 10.3. The first-order valence-corrected chi connectivity index (χ1v) is 6.86. The van der Waals surface area contributed by atoms with E-state index >= 15 is 0 Å². The number of aromatic nitrogens is 2. The average molecular weight is 255 g/mol. The van der Waals surface area contributed by atoms with Crippen molar-refractivity contribution in [3.05, 3.63) is 11.3 Å². The van der Waals surface area contributed by atoms with Crippen LogP contribution in [0.15, 0.2) is 11.1 Å². The summed E-state index contributed by atoms with van der Waals surface area (Å²) < 4.78 is 23.6. The standard InChI is InChI=1S/C7H8Cl2N2O2S/c8-7-6(14(9,12)13)4-10-11(7)5-2-1-3-5/h4-5H,1-3H2. The van der Waals surface area contributed by atoms with E-state index in [0.29, 0.717) is 0 Å². The number of hydrogen-bond acceptors (Lipinski definition) is 3. The van der Waals surface area contributed by atoms with Crippen LogP contribution in [0.2, 0.25) is 5.15 Å². The van der Waals surface area contributed by atoms with Gasteiger partial charge in [0, 0.05) is 10.7 Å². The fourth-order valence-corrected chi connectivity index (χ4v) is 2.84. The third kappa shape index (κ3) is 1.64. The molecule has 2 rings (SSSR count). The normalized spacial score (nSPS) is 18.1. The van der Waals surface area contributed by atoms with E-state index in [1.807, 2.05) is 0 Å². The molecular formula is C7H8Cl2N2O2S. The van der Waals surface area contributed by atoms with Crippen molar-refractivity contribution >= 4 is 31.3 Å². The van der Waals surface area contributed by atoms with Gasteiger partial charge in [-0.2, -0.15) is 5.10 Å².